The molecule has 0 unspecified atom stereocenters. The molecule has 2 N–H and O–H groups in total. The third kappa shape index (κ3) is 5.56. The van der Waals surface area contributed by atoms with Gasteiger partial charge in [-0.25, -0.2) is 14.8 Å². The van der Waals surface area contributed by atoms with Gasteiger partial charge in [0.2, 0.25) is 0 Å². The second kappa shape index (κ2) is 9.36. The van der Waals surface area contributed by atoms with Crippen LogP contribution in [-0.4, -0.2) is 35.0 Å². The smallest absolute Gasteiger partial charge is 0.338 e. The number of amides is 1. The van der Waals surface area contributed by atoms with E-state index in [0.717, 1.165) is 19.4 Å². The highest BCUT2D eigenvalue weighted by atomic mass is 16.5. The number of ether oxygens (including phenoxy) is 1. The van der Waals surface area contributed by atoms with Crippen LogP contribution in [0.1, 0.15) is 47.5 Å². The number of nitrogens with one attached hydrogen (secondary N) is 2. The molecule has 0 bridgehead atoms. The first-order valence-corrected chi connectivity index (χ1v) is 8.28. The van der Waals surface area contributed by atoms with Crippen molar-refractivity contribution in [2.45, 2.75) is 26.7 Å². The Morgan fingerprint density at radius 2 is 1.88 bits per heavy atom. The highest BCUT2D eigenvalue weighted by Gasteiger charge is 2.10. The van der Waals surface area contributed by atoms with Crippen molar-refractivity contribution in [1.29, 1.82) is 0 Å². The Hall–Kier alpha value is -2.96. The van der Waals surface area contributed by atoms with Crippen LogP contribution in [0.25, 0.3) is 0 Å². The Morgan fingerprint density at radius 3 is 2.56 bits per heavy atom. The van der Waals surface area contributed by atoms with Crippen molar-refractivity contribution in [2.24, 2.45) is 0 Å². The molecule has 7 nitrogen and oxygen atoms in total. The summed E-state index contributed by atoms with van der Waals surface area (Å²) < 4.78 is 4.92. The minimum absolute atomic E-state index is 0.267. The van der Waals surface area contributed by atoms with Crippen molar-refractivity contribution in [2.75, 3.05) is 23.8 Å². The summed E-state index contributed by atoms with van der Waals surface area (Å²) in [4.78, 5) is 32.0. The second-order valence-corrected chi connectivity index (χ2v) is 5.32. The van der Waals surface area contributed by atoms with Crippen molar-refractivity contribution < 1.29 is 14.3 Å². The van der Waals surface area contributed by atoms with Crippen molar-refractivity contribution in [3.05, 3.63) is 47.9 Å². The van der Waals surface area contributed by atoms with Crippen LogP contribution < -0.4 is 10.6 Å². The molecule has 0 fully saturated rings. The van der Waals surface area contributed by atoms with Crippen molar-refractivity contribution >= 4 is 23.4 Å². The number of carbonyl (C=O) groups is 2. The van der Waals surface area contributed by atoms with Gasteiger partial charge >= 0.3 is 5.97 Å². The predicted molar refractivity (Wildman–Crippen MR) is 95.8 cm³/mol. The molecule has 1 aromatic carbocycles. The van der Waals surface area contributed by atoms with Gasteiger partial charge in [0.25, 0.3) is 5.91 Å². The number of aromatic nitrogens is 2. The van der Waals surface area contributed by atoms with Gasteiger partial charge in [-0.15, -0.1) is 0 Å². The lowest BCUT2D eigenvalue weighted by atomic mass is 10.2. The van der Waals surface area contributed by atoms with Gasteiger partial charge in [0, 0.05) is 18.3 Å². The SMILES string of the molecule is CCCCNc1cc(C(=O)Nc2ccc(C(=O)OCC)cc2)ncn1. The van der Waals surface area contributed by atoms with Crippen LogP contribution in [0, 0.1) is 0 Å². The molecule has 7 heteroatoms. The van der Waals surface area contributed by atoms with E-state index in [4.69, 9.17) is 4.74 Å². The Bertz CT molecular complexity index is 717. The lowest BCUT2D eigenvalue weighted by Gasteiger charge is -2.08. The Morgan fingerprint density at radius 1 is 1.12 bits per heavy atom. The van der Waals surface area contributed by atoms with Gasteiger partial charge in [-0.1, -0.05) is 13.3 Å². The van der Waals surface area contributed by atoms with Crippen molar-refractivity contribution in [3.63, 3.8) is 0 Å². The Kier molecular flexibility index (Phi) is 6.88. The third-order valence-corrected chi connectivity index (χ3v) is 3.39. The molecule has 1 heterocycles. The van der Waals surface area contributed by atoms with Crippen LogP contribution in [0.3, 0.4) is 0 Å². The van der Waals surface area contributed by atoms with Gasteiger partial charge < -0.3 is 15.4 Å². The first-order chi connectivity index (χ1) is 12.1. The van der Waals surface area contributed by atoms with E-state index >= 15 is 0 Å². The number of hydrogen-bond donors (Lipinski definition) is 2. The fraction of sp³-hybridized carbons (Fsp3) is 0.333. The molecular weight excluding hydrogens is 320 g/mol. The van der Waals surface area contributed by atoms with Crippen LogP contribution in [0.2, 0.25) is 0 Å². The summed E-state index contributed by atoms with van der Waals surface area (Å²) in [5.74, 6) is -0.116. The third-order valence-electron chi connectivity index (χ3n) is 3.39. The minimum Gasteiger partial charge on any atom is -0.462 e. The van der Waals surface area contributed by atoms with E-state index in [1.807, 2.05) is 0 Å². The van der Waals surface area contributed by atoms with Gasteiger partial charge in [0.15, 0.2) is 0 Å². The molecule has 0 spiro atoms. The standard InChI is InChI=1S/C18H22N4O3/c1-3-5-10-19-16-11-15(20-12-21-16)17(23)22-14-8-6-13(7-9-14)18(24)25-4-2/h6-9,11-12H,3-5,10H2,1-2H3,(H,22,23)(H,19,20,21). The molecule has 1 amide bonds. The van der Waals surface area contributed by atoms with E-state index < -0.39 is 0 Å². The van der Waals surface area contributed by atoms with Crippen LogP contribution in [0.15, 0.2) is 36.7 Å². The molecule has 0 radical (unpaired) electrons. The van der Waals surface area contributed by atoms with E-state index in [2.05, 4.69) is 27.5 Å². The number of hydrogen-bond acceptors (Lipinski definition) is 6. The average Bonchev–Trinajstić information content (AvgIpc) is 2.63. The molecule has 132 valence electrons. The first kappa shape index (κ1) is 18.4. The zero-order chi connectivity index (χ0) is 18.1. The maximum Gasteiger partial charge on any atom is 0.338 e. The normalized spacial score (nSPS) is 10.2. The molecule has 0 saturated carbocycles. The van der Waals surface area contributed by atoms with Crippen LogP contribution in [0.5, 0.6) is 0 Å². The molecule has 2 rings (SSSR count). The molecule has 2 aromatic rings. The monoisotopic (exact) mass is 342 g/mol. The summed E-state index contributed by atoms with van der Waals surface area (Å²) in [5, 5.41) is 5.90. The Labute approximate surface area is 146 Å². The average molecular weight is 342 g/mol. The van der Waals surface area contributed by atoms with Crippen LogP contribution >= 0.6 is 0 Å². The molecule has 1 aromatic heterocycles. The van der Waals surface area contributed by atoms with Gasteiger partial charge in [0.1, 0.15) is 17.8 Å². The molecule has 25 heavy (non-hydrogen) atoms. The highest BCUT2D eigenvalue weighted by Crippen LogP contribution is 2.13. The van der Waals surface area contributed by atoms with E-state index in [1.54, 1.807) is 37.3 Å². The molecule has 0 aliphatic rings. The largest absolute Gasteiger partial charge is 0.462 e. The number of benzene rings is 1. The lowest BCUT2D eigenvalue weighted by molar-refractivity contribution is 0.0526. The molecule has 0 aliphatic carbocycles. The fourth-order valence-corrected chi connectivity index (χ4v) is 2.07. The van der Waals surface area contributed by atoms with Gasteiger partial charge in [-0.3, -0.25) is 4.79 Å². The van der Waals surface area contributed by atoms with Gasteiger partial charge in [-0.05, 0) is 37.6 Å². The summed E-state index contributed by atoms with van der Waals surface area (Å²) in [6.07, 6.45) is 3.46. The number of anilines is 2. The summed E-state index contributed by atoms with van der Waals surface area (Å²) >= 11 is 0. The number of carbonyl (C=O) groups excluding carboxylic acids is 2. The maximum absolute atomic E-state index is 12.3. The number of esters is 1. The summed E-state index contributed by atoms with van der Waals surface area (Å²) in [6, 6.07) is 8.10. The number of rotatable bonds is 8. The number of nitrogens with zero attached hydrogens (tertiary/aromatic N) is 2. The van der Waals surface area contributed by atoms with E-state index in [1.165, 1.54) is 6.33 Å². The zero-order valence-electron chi connectivity index (χ0n) is 14.4. The van der Waals surface area contributed by atoms with Crippen LogP contribution in [0.4, 0.5) is 11.5 Å². The second-order valence-electron chi connectivity index (χ2n) is 5.32. The van der Waals surface area contributed by atoms with Gasteiger partial charge in [-0.2, -0.15) is 0 Å². The fourth-order valence-electron chi connectivity index (χ4n) is 2.07. The molecule has 0 saturated heterocycles. The summed E-state index contributed by atoms with van der Waals surface area (Å²) in [5.41, 5.74) is 1.27. The van der Waals surface area contributed by atoms with Crippen molar-refractivity contribution in [3.8, 4) is 0 Å². The van der Waals surface area contributed by atoms with Crippen molar-refractivity contribution in [1.82, 2.24) is 9.97 Å². The first-order valence-electron chi connectivity index (χ1n) is 8.28. The minimum atomic E-state index is -0.390. The van der Waals surface area contributed by atoms with Crippen LogP contribution in [-0.2, 0) is 4.74 Å². The quantitative estimate of drug-likeness (QED) is 0.565. The molecular formula is C18H22N4O3. The zero-order valence-corrected chi connectivity index (χ0v) is 14.4. The lowest BCUT2D eigenvalue weighted by Crippen LogP contribution is -2.15. The molecule has 0 atom stereocenters. The summed E-state index contributed by atoms with van der Waals surface area (Å²) in [7, 11) is 0. The Balaban J connectivity index is 1.99. The highest BCUT2D eigenvalue weighted by molar-refractivity contribution is 6.03. The maximum atomic E-state index is 12.3. The number of unbranched alkanes of at least 4 members (excludes halogenated alkanes) is 1. The van der Waals surface area contributed by atoms with Gasteiger partial charge in [0.05, 0.1) is 12.2 Å². The van der Waals surface area contributed by atoms with E-state index in [-0.39, 0.29) is 17.6 Å². The predicted octanol–water partition coefficient (Wildman–Crippen LogP) is 3.12. The topological polar surface area (TPSA) is 93.2 Å². The van der Waals surface area contributed by atoms with E-state index in [9.17, 15) is 9.59 Å². The van der Waals surface area contributed by atoms with E-state index in [0.29, 0.717) is 23.7 Å². The summed E-state index contributed by atoms with van der Waals surface area (Å²) in [6.45, 7) is 4.97. The molecule has 0 aliphatic heterocycles.